The number of aromatic nitrogens is 1. The molecule has 27 heavy (non-hydrogen) atoms. The molecule has 0 unspecified atom stereocenters. The predicted octanol–water partition coefficient (Wildman–Crippen LogP) is 4.09. The molecule has 0 saturated heterocycles. The summed E-state index contributed by atoms with van der Waals surface area (Å²) in [5, 5.41) is 12.4. The van der Waals surface area contributed by atoms with E-state index < -0.39 is 10.0 Å². The Morgan fingerprint density at radius 3 is 2.56 bits per heavy atom. The minimum Gasteiger partial charge on any atom is -0.322 e. The number of nitrogens with one attached hydrogen (secondary N) is 1. The van der Waals surface area contributed by atoms with Gasteiger partial charge in [-0.1, -0.05) is 48.5 Å². The lowest BCUT2D eigenvalue weighted by Gasteiger charge is -2.13. The number of rotatable bonds is 4. The van der Waals surface area contributed by atoms with Crippen LogP contribution in [0.25, 0.3) is 21.7 Å². The van der Waals surface area contributed by atoms with E-state index in [1.807, 2.05) is 34.9 Å². The van der Waals surface area contributed by atoms with E-state index in [9.17, 15) is 13.7 Å². The summed E-state index contributed by atoms with van der Waals surface area (Å²) in [4.78, 5) is 0. The maximum absolute atomic E-state index is 11.8. The molecular formula is C21H17N3O2S. The molecule has 1 heterocycles. The second-order valence-electron chi connectivity index (χ2n) is 6.51. The third-order valence-corrected chi connectivity index (χ3v) is 5.11. The second kappa shape index (κ2) is 6.45. The number of nitriles is 1. The Balaban J connectivity index is 1.93. The summed E-state index contributed by atoms with van der Waals surface area (Å²) in [6.45, 7) is 0.484. The van der Waals surface area contributed by atoms with Crippen molar-refractivity contribution in [2.24, 2.45) is 0 Å². The number of fused-ring (bicyclic) bond motifs is 2. The molecule has 4 aromatic rings. The lowest BCUT2D eigenvalue weighted by atomic mass is 10.0. The number of hydrogen-bond acceptors (Lipinski definition) is 3. The molecule has 0 radical (unpaired) electrons. The lowest BCUT2D eigenvalue weighted by molar-refractivity contribution is 0.606. The molecule has 0 spiro atoms. The fourth-order valence-corrected chi connectivity index (χ4v) is 3.92. The molecule has 0 aliphatic heterocycles. The molecule has 1 aromatic heterocycles. The quantitative estimate of drug-likeness (QED) is 0.584. The highest BCUT2D eigenvalue weighted by atomic mass is 32.2. The first-order valence-corrected chi connectivity index (χ1v) is 10.3. The number of anilines is 1. The van der Waals surface area contributed by atoms with Crippen LogP contribution in [0.1, 0.15) is 11.1 Å². The average molecular weight is 375 g/mol. The molecule has 134 valence electrons. The number of benzene rings is 3. The average Bonchev–Trinajstić information content (AvgIpc) is 2.96. The first-order chi connectivity index (χ1) is 12.9. The molecule has 3 aromatic carbocycles. The predicted molar refractivity (Wildman–Crippen MR) is 108 cm³/mol. The first kappa shape index (κ1) is 17.1. The van der Waals surface area contributed by atoms with Crippen molar-refractivity contribution in [3.8, 4) is 6.07 Å². The van der Waals surface area contributed by atoms with Gasteiger partial charge in [-0.3, -0.25) is 4.72 Å². The van der Waals surface area contributed by atoms with E-state index in [4.69, 9.17) is 0 Å². The van der Waals surface area contributed by atoms with Crippen molar-refractivity contribution in [1.82, 2.24) is 4.57 Å². The zero-order chi connectivity index (χ0) is 19.0. The standard InChI is InChI=1S/C21H17N3O2S/c1-27(25,26)23-21-12-17-10-9-15(13-22)11-20(17)24(21)14-18-7-4-6-16-5-2-3-8-19(16)18/h2-12,23H,14H2,1H3. The summed E-state index contributed by atoms with van der Waals surface area (Å²) in [6.07, 6.45) is 1.13. The lowest BCUT2D eigenvalue weighted by Crippen LogP contribution is -2.14. The topological polar surface area (TPSA) is 74.9 Å². The second-order valence-corrected chi connectivity index (χ2v) is 8.26. The van der Waals surface area contributed by atoms with Gasteiger partial charge in [0.15, 0.2) is 0 Å². The van der Waals surface area contributed by atoms with E-state index in [0.717, 1.165) is 33.5 Å². The minimum atomic E-state index is -3.43. The van der Waals surface area contributed by atoms with Crippen LogP contribution in [0.3, 0.4) is 0 Å². The summed E-state index contributed by atoms with van der Waals surface area (Å²) in [5.41, 5.74) is 2.42. The summed E-state index contributed by atoms with van der Waals surface area (Å²) < 4.78 is 28.2. The molecule has 0 atom stereocenters. The van der Waals surface area contributed by atoms with Crippen molar-refractivity contribution >= 4 is 37.5 Å². The summed E-state index contributed by atoms with van der Waals surface area (Å²) in [6, 6.07) is 23.5. The number of hydrogen-bond donors (Lipinski definition) is 1. The molecule has 0 aliphatic carbocycles. The molecule has 0 aliphatic rings. The van der Waals surface area contributed by atoms with Crippen LogP contribution in [0.4, 0.5) is 5.82 Å². The monoisotopic (exact) mass is 375 g/mol. The zero-order valence-corrected chi connectivity index (χ0v) is 15.5. The van der Waals surface area contributed by atoms with Gasteiger partial charge < -0.3 is 4.57 Å². The van der Waals surface area contributed by atoms with Gasteiger partial charge in [0, 0.05) is 5.39 Å². The Kier molecular flexibility index (Phi) is 4.09. The highest BCUT2D eigenvalue weighted by molar-refractivity contribution is 7.92. The van der Waals surface area contributed by atoms with Crippen molar-refractivity contribution in [2.75, 3.05) is 11.0 Å². The van der Waals surface area contributed by atoms with Crippen molar-refractivity contribution in [2.45, 2.75) is 6.54 Å². The number of sulfonamides is 1. The summed E-state index contributed by atoms with van der Waals surface area (Å²) in [5.74, 6) is 0.482. The maximum Gasteiger partial charge on any atom is 0.230 e. The van der Waals surface area contributed by atoms with E-state index in [-0.39, 0.29) is 0 Å². The highest BCUT2D eigenvalue weighted by Crippen LogP contribution is 2.28. The Labute approximate surface area is 157 Å². The third-order valence-electron chi connectivity index (χ3n) is 4.53. The van der Waals surface area contributed by atoms with Gasteiger partial charge in [0.1, 0.15) is 5.82 Å². The molecule has 0 fully saturated rings. The minimum absolute atomic E-state index is 0.482. The first-order valence-electron chi connectivity index (χ1n) is 8.42. The number of nitrogens with zero attached hydrogens (tertiary/aromatic N) is 2. The van der Waals surface area contributed by atoms with Crippen LogP contribution in [0, 0.1) is 11.3 Å². The third kappa shape index (κ3) is 3.37. The van der Waals surface area contributed by atoms with Gasteiger partial charge in [0.25, 0.3) is 0 Å². The van der Waals surface area contributed by atoms with E-state index in [1.165, 1.54) is 0 Å². The Morgan fingerprint density at radius 1 is 1.00 bits per heavy atom. The van der Waals surface area contributed by atoms with E-state index in [2.05, 4.69) is 29.0 Å². The molecular weight excluding hydrogens is 358 g/mol. The van der Waals surface area contributed by atoms with Crippen LogP contribution in [-0.4, -0.2) is 19.2 Å². The van der Waals surface area contributed by atoms with Crippen LogP contribution in [0.15, 0.2) is 66.7 Å². The van der Waals surface area contributed by atoms with Crippen molar-refractivity contribution in [3.05, 3.63) is 77.9 Å². The fraction of sp³-hybridized carbons (Fsp3) is 0.0952. The van der Waals surface area contributed by atoms with Crippen LogP contribution >= 0.6 is 0 Å². The normalized spacial score (nSPS) is 11.6. The Hall–Kier alpha value is -3.30. The van der Waals surface area contributed by atoms with Gasteiger partial charge in [-0.25, -0.2) is 8.42 Å². The van der Waals surface area contributed by atoms with Crippen LogP contribution in [0.2, 0.25) is 0 Å². The van der Waals surface area contributed by atoms with Crippen LogP contribution < -0.4 is 4.72 Å². The van der Waals surface area contributed by atoms with Gasteiger partial charge in [-0.05, 0) is 34.5 Å². The molecule has 6 heteroatoms. The highest BCUT2D eigenvalue weighted by Gasteiger charge is 2.14. The molecule has 0 bridgehead atoms. The van der Waals surface area contributed by atoms with Gasteiger partial charge >= 0.3 is 0 Å². The Bertz CT molecular complexity index is 1310. The van der Waals surface area contributed by atoms with Crippen LogP contribution in [0.5, 0.6) is 0 Å². The van der Waals surface area contributed by atoms with E-state index in [0.29, 0.717) is 17.9 Å². The van der Waals surface area contributed by atoms with Crippen LogP contribution in [-0.2, 0) is 16.6 Å². The van der Waals surface area contributed by atoms with E-state index >= 15 is 0 Å². The smallest absolute Gasteiger partial charge is 0.230 e. The fourth-order valence-electron chi connectivity index (χ4n) is 3.37. The van der Waals surface area contributed by atoms with Crippen molar-refractivity contribution in [3.63, 3.8) is 0 Å². The zero-order valence-electron chi connectivity index (χ0n) is 14.7. The van der Waals surface area contributed by atoms with Crippen molar-refractivity contribution < 1.29 is 8.42 Å². The molecule has 1 N–H and O–H groups in total. The Morgan fingerprint density at radius 2 is 1.78 bits per heavy atom. The SMILES string of the molecule is CS(=O)(=O)Nc1cc2ccc(C#N)cc2n1Cc1cccc2ccccc12. The molecule has 4 rings (SSSR count). The van der Waals surface area contributed by atoms with Crippen molar-refractivity contribution in [1.29, 1.82) is 5.26 Å². The molecule has 0 amide bonds. The summed E-state index contributed by atoms with van der Waals surface area (Å²) in [7, 11) is -3.43. The van der Waals surface area contributed by atoms with Gasteiger partial charge in [0.05, 0.1) is 29.9 Å². The molecule has 0 saturated carbocycles. The van der Waals surface area contributed by atoms with Gasteiger partial charge in [-0.15, -0.1) is 0 Å². The van der Waals surface area contributed by atoms with E-state index in [1.54, 1.807) is 18.2 Å². The maximum atomic E-state index is 11.8. The summed E-state index contributed by atoms with van der Waals surface area (Å²) >= 11 is 0. The van der Waals surface area contributed by atoms with Gasteiger partial charge in [-0.2, -0.15) is 5.26 Å². The largest absolute Gasteiger partial charge is 0.322 e. The molecule has 5 nitrogen and oxygen atoms in total. The van der Waals surface area contributed by atoms with Gasteiger partial charge in [0.2, 0.25) is 10.0 Å².